The summed E-state index contributed by atoms with van der Waals surface area (Å²) in [6.07, 6.45) is 1.83. The number of nitrogens with one attached hydrogen (secondary N) is 2. The summed E-state index contributed by atoms with van der Waals surface area (Å²) in [6, 6.07) is 9.90. The van der Waals surface area contributed by atoms with Crippen LogP contribution in [-0.2, 0) is 4.74 Å². The highest BCUT2D eigenvalue weighted by Crippen LogP contribution is 2.27. The zero-order valence-corrected chi connectivity index (χ0v) is 15.0. The molecule has 0 aliphatic carbocycles. The Labute approximate surface area is 151 Å². The summed E-state index contributed by atoms with van der Waals surface area (Å²) in [7, 11) is 0. The van der Waals surface area contributed by atoms with Crippen molar-refractivity contribution in [2.75, 3.05) is 13.2 Å². The molecule has 4 rings (SSSR count). The molecule has 1 aromatic carbocycles. The Hall–Kier alpha value is -2.60. The van der Waals surface area contributed by atoms with Crippen molar-refractivity contribution < 1.29 is 14.1 Å². The zero-order chi connectivity index (χ0) is 18.1. The van der Waals surface area contributed by atoms with E-state index in [1.807, 2.05) is 26.0 Å². The van der Waals surface area contributed by atoms with Crippen molar-refractivity contribution in [2.24, 2.45) is 0 Å². The first kappa shape index (κ1) is 16.8. The van der Waals surface area contributed by atoms with Crippen LogP contribution in [0.15, 0.2) is 34.9 Å². The third-order valence-corrected chi connectivity index (χ3v) is 5.02. The molecule has 1 atom stereocenters. The number of H-pyrrole nitrogens is 1. The number of amides is 1. The molecule has 1 amide bonds. The minimum absolute atomic E-state index is 0.126. The number of benzene rings is 1. The fourth-order valence-corrected chi connectivity index (χ4v) is 3.50. The predicted octanol–water partition coefficient (Wildman–Crippen LogP) is 3.85. The van der Waals surface area contributed by atoms with Crippen LogP contribution < -0.4 is 5.32 Å². The first-order valence-corrected chi connectivity index (χ1v) is 9.04. The number of aromatic amines is 1. The second-order valence-electron chi connectivity index (χ2n) is 7.00. The number of aryl methyl sites for hydroxylation is 1. The number of rotatable bonds is 4. The van der Waals surface area contributed by atoms with E-state index in [1.165, 1.54) is 0 Å². The van der Waals surface area contributed by atoms with E-state index in [9.17, 15) is 4.79 Å². The summed E-state index contributed by atoms with van der Waals surface area (Å²) in [6.45, 7) is 5.47. The molecule has 136 valence electrons. The third-order valence-electron chi connectivity index (χ3n) is 5.02. The molecule has 1 aliphatic heterocycles. The van der Waals surface area contributed by atoms with E-state index in [-0.39, 0.29) is 17.7 Å². The standard InChI is InChI=1S/C20H23N3O3/c1-12-9-16-10-15(3-4-17(16)21-12)13(2)22-20(24)19-11-18(23-26-19)14-5-7-25-8-6-14/h3-4,9-11,13-14,21H,5-8H2,1-2H3,(H,22,24)/t13-/m1/s1. The Morgan fingerprint density at radius 1 is 1.27 bits per heavy atom. The minimum Gasteiger partial charge on any atom is -0.381 e. The van der Waals surface area contributed by atoms with Crippen molar-refractivity contribution >= 4 is 16.8 Å². The van der Waals surface area contributed by atoms with Crippen LogP contribution >= 0.6 is 0 Å². The van der Waals surface area contributed by atoms with Crippen molar-refractivity contribution in [3.05, 3.63) is 53.0 Å². The summed E-state index contributed by atoms with van der Waals surface area (Å²) in [5.41, 5.74) is 4.11. The molecular weight excluding hydrogens is 330 g/mol. The van der Waals surface area contributed by atoms with Crippen LogP contribution in [0.1, 0.15) is 59.2 Å². The number of hydrogen-bond acceptors (Lipinski definition) is 4. The van der Waals surface area contributed by atoms with Gasteiger partial charge in [0.15, 0.2) is 0 Å². The average molecular weight is 353 g/mol. The van der Waals surface area contributed by atoms with E-state index in [2.05, 4.69) is 27.6 Å². The average Bonchev–Trinajstić information content (AvgIpc) is 3.27. The molecule has 0 unspecified atom stereocenters. The number of fused-ring (bicyclic) bond motifs is 1. The maximum Gasteiger partial charge on any atom is 0.290 e. The number of ether oxygens (including phenoxy) is 1. The largest absolute Gasteiger partial charge is 0.381 e. The Balaban J connectivity index is 1.45. The number of aromatic nitrogens is 2. The summed E-state index contributed by atoms with van der Waals surface area (Å²) in [4.78, 5) is 15.8. The van der Waals surface area contributed by atoms with Gasteiger partial charge in [-0.2, -0.15) is 0 Å². The molecule has 0 bridgehead atoms. The van der Waals surface area contributed by atoms with E-state index in [4.69, 9.17) is 9.26 Å². The van der Waals surface area contributed by atoms with Gasteiger partial charge in [0, 0.05) is 36.4 Å². The lowest BCUT2D eigenvalue weighted by atomic mass is 9.96. The number of nitrogens with zero attached hydrogens (tertiary/aromatic N) is 1. The molecule has 1 saturated heterocycles. The Bertz CT molecular complexity index is 921. The van der Waals surface area contributed by atoms with Crippen molar-refractivity contribution in [3.63, 3.8) is 0 Å². The van der Waals surface area contributed by atoms with Crippen molar-refractivity contribution in [2.45, 2.75) is 38.6 Å². The van der Waals surface area contributed by atoms with Gasteiger partial charge >= 0.3 is 0 Å². The molecule has 3 heterocycles. The predicted molar refractivity (Wildman–Crippen MR) is 98.2 cm³/mol. The Kier molecular flexibility index (Phi) is 4.51. The number of carbonyl (C=O) groups is 1. The molecule has 0 saturated carbocycles. The lowest BCUT2D eigenvalue weighted by Crippen LogP contribution is -2.26. The molecule has 0 radical (unpaired) electrons. The monoisotopic (exact) mass is 353 g/mol. The van der Waals surface area contributed by atoms with E-state index in [1.54, 1.807) is 6.07 Å². The highest BCUT2D eigenvalue weighted by Gasteiger charge is 2.22. The fraction of sp³-hybridized carbons (Fsp3) is 0.400. The lowest BCUT2D eigenvalue weighted by molar-refractivity contribution is 0.0835. The van der Waals surface area contributed by atoms with Crippen LogP contribution in [0.25, 0.3) is 10.9 Å². The maximum absolute atomic E-state index is 12.5. The topological polar surface area (TPSA) is 80.2 Å². The third kappa shape index (κ3) is 3.37. The summed E-state index contributed by atoms with van der Waals surface area (Å²) < 4.78 is 10.7. The fourth-order valence-electron chi connectivity index (χ4n) is 3.50. The highest BCUT2D eigenvalue weighted by atomic mass is 16.5. The van der Waals surface area contributed by atoms with E-state index in [0.29, 0.717) is 5.92 Å². The van der Waals surface area contributed by atoms with Gasteiger partial charge in [0.25, 0.3) is 5.91 Å². The Morgan fingerprint density at radius 3 is 2.88 bits per heavy atom. The Morgan fingerprint density at radius 2 is 2.08 bits per heavy atom. The van der Waals surface area contributed by atoms with Crippen LogP contribution in [0.3, 0.4) is 0 Å². The SMILES string of the molecule is Cc1cc2cc([C@@H](C)NC(=O)c3cc(C4CCOCC4)no3)ccc2[nH]1. The van der Waals surface area contributed by atoms with E-state index >= 15 is 0 Å². The molecule has 3 aromatic rings. The summed E-state index contributed by atoms with van der Waals surface area (Å²) >= 11 is 0. The van der Waals surface area contributed by atoms with Gasteiger partial charge < -0.3 is 19.6 Å². The molecule has 2 aromatic heterocycles. The summed E-state index contributed by atoms with van der Waals surface area (Å²) in [5, 5.41) is 8.22. The van der Waals surface area contributed by atoms with Gasteiger partial charge in [-0.3, -0.25) is 4.79 Å². The quantitative estimate of drug-likeness (QED) is 0.746. The van der Waals surface area contributed by atoms with Crippen molar-refractivity contribution in [3.8, 4) is 0 Å². The minimum atomic E-state index is -0.242. The van der Waals surface area contributed by atoms with Crippen LogP contribution in [0, 0.1) is 6.92 Å². The van der Waals surface area contributed by atoms with Crippen molar-refractivity contribution in [1.82, 2.24) is 15.5 Å². The van der Waals surface area contributed by atoms with E-state index in [0.717, 1.165) is 53.9 Å². The van der Waals surface area contributed by atoms with Crippen LogP contribution in [0.2, 0.25) is 0 Å². The molecule has 0 spiro atoms. The number of hydrogen-bond donors (Lipinski definition) is 2. The maximum atomic E-state index is 12.5. The smallest absolute Gasteiger partial charge is 0.290 e. The second kappa shape index (κ2) is 6.96. The highest BCUT2D eigenvalue weighted by molar-refractivity contribution is 5.91. The van der Waals surface area contributed by atoms with Gasteiger partial charge in [-0.15, -0.1) is 0 Å². The van der Waals surface area contributed by atoms with Crippen LogP contribution in [0.5, 0.6) is 0 Å². The van der Waals surface area contributed by atoms with E-state index < -0.39 is 0 Å². The summed E-state index contributed by atoms with van der Waals surface area (Å²) in [5.74, 6) is 0.330. The molecule has 6 nitrogen and oxygen atoms in total. The van der Waals surface area contributed by atoms with Gasteiger partial charge in [0.2, 0.25) is 5.76 Å². The molecule has 26 heavy (non-hydrogen) atoms. The van der Waals surface area contributed by atoms with Crippen LogP contribution in [-0.4, -0.2) is 29.3 Å². The normalized spacial score (nSPS) is 16.7. The van der Waals surface area contributed by atoms with Gasteiger partial charge in [-0.25, -0.2) is 0 Å². The van der Waals surface area contributed by atoms with Crippen molar-refractivity contribution in [1.29, 1.82) is 0 Å². The second-order valence-corrected chi connectivity index (χ2v) is 7.00. The first-order valence-electron chi connectivity index (χ1n) is 9.04. The zero-order valence-electron chi connectivity index (χ0n) is 15.0. The van der Waals surface area contributed by atoms with Gasteiger partial charge in [-0.1, -0.05) is 11.2 Å². The lowest BCUT2D eigenvalue weighted by Gasteiger charge is -2.19. The van der Waals surface area contributed by atoms with Gasteiger partial charge in [-0.05, 0) is 55.8 Å². The first-order chi connectivity index (χ1) is 12.6. The molecule has 1 aliphatic rings. The van der Waals surface area contributed by atoms with Gasteiger partial charge in [0.1, 0.15) is 0 Å². The van der Waals surface area contributed by atoms with Gasteiger partial charge in [0.05, 0.1) is 11.7 Å². The van der Waals surface area contributed by atoms with Crippen LogP contribution in [0.4, 0.5) is 0 Å². The number of carbonyl (C=O) groups excluding carboxylic acids is 1. The molecule has 1 fully saturated rings. The molecule has 2 N–H and O–H groups in total. The molecular formula is C20H23N3O3. The molecule has 6 heteroatoms.